The van der Waals surface area contributed by atoms with Gasteiger partial charge >= 0.3 is 0 Å². The molecule has 2 rings (SSSR count). The van der Waals surface area contributed by atoms with E-state index in [1.807, 2.05) is 0 Å². The maximum atomic E-state index is 9.79. The Labute approximate surface area is 87.4 Å². The number of aliphatic hydroxyl groups is 3. The molecule has 2 fully saturated rings. The molecule has 0 amide bonds. The lowest BCUT2D eigenvalue weighted by molar-refractivity contribution is -0.276. The zero-order valence-corrected chi connectivity index (χ0v) is 8.71. The third-order valence-corrected chi connectivity index (χ3v) is 2.71. The first-order valence-corrected chi connectivity index (χ1v) is 4.90. The van der Waals surface area contributed by atoms with Crippen molar-refractivity contribution in [3.8, 4) is 0 Å². The Morgan fingerprint density at radius 3 is 2.33 bits per heavy atom. The molecule has 6 heteroatoms. The average molecular weight is 220 g/mol. The molecule has 0 aromatic carbocycles. The molecule has 3 N–H and O–H groups in total. The first-order chi connectivity index (χ1) is 6.94. The molecule has 2 aliphatic heterocycles. The summed E-state index contributed by atoms with van der Waals surface area (Å²) in [6.45, 7) is 2.58. The molecule has 0 bridgehead atoms. The molecule has 0 aromatic rings. The van der Waals surface area contributed by atoms with E-state index in [0.29, 0.717) is 0 Å². The van der Waals surface area contributed by atoms with Crippen LogP contribution in [0.4, 0.5) is 0 Å². The monoisotopic (exact) mass is 220 g/mol. The summed E-state index contributed by atoms with van der Waals surface area (Å²) < 4.78 is 16.2. The van der Waals surface area contributed by atoms with Crippen LogP contribution in [-0.2, 0) is 14.2 Å². The maximum Gasteiger partial charge on any atom is 0.224 e. The van der Waals surface area contributed by atoms with Crippen LogP contribution in [0.25, 0.3) is 0 Å². The van der Waals surface area contributed by atoms with Gasteiger partial charge in [-0.25, -0.2) is 0 Å². The standard InChI is InChI=1S/C9H16O6/c1-8(2)14-7-6(12)5(3-10)13-9(7,4-11)15-8/h5-7,10-12H,3-4H2,1-2H3/t5-,6-,7+,9+/m1/s1. The molecule has 2 heterocycles. The quantitative estimate of drug-likeness (QED) is 0.529. The van der Waals surface area contributed by atoms with Gasteiger partial charge in [0.25, 0.3) is 0 Å². The second-order valence-electron chi connectivity index (χ2n) is 4.34. The second kappa shape index (κ2) is 3.38. The highest BCUT2D eigenvalue weighted by molar-refractivity contribution is 5.02. The van der Waals surface area contributed by atoms with Crippen molar-refractivity contribution in [2.45, 2.75) is 43.7 Å². The van der Waals surface area contributed by atoms with E-state index in [2.05, 4.69) is 0 Å². The second-order valence-corrected chi connectivity index (χ2v) is 4.34. The van der Waals surface area contributed by atoms with Crippen molar-refractivity contribution in [2.24, 2.45) is 0 Å². The zero-order valence-electron chi connectivity index (χ0n) is 8.71. The third-order valence-electron chi connectivity index (χ3n) is 2.71. The fraction of sp³-hybridized carbons (Fsp3) is 1.00. The van der Waals surface area contributed by atoms with Gasteiger partial charge in [-0.2, -0.15) is 0 Å². The maximum absolute atomic E-state index is 9.79. The van der Waals surface area contributed by atoms with Gasteiger partial charge in [-0.15, -0.1) is 0 Å². The van der Waals surface area contributed by atoms with E-state index in [1.165, 1.54) is 0 Å². The molecule has 4 atom stereocenters. The molecule has 0 unspecified atom stereocenters. The number of aliphatic hydroxyl groups excluding tert-OH is 3. The Morgan fingerprint density at radius 2 is 1.87 bits per heavy atom. The molecule has 88 valence electrons. The normalized spacial score (nSPS) is 48.2. The van der Waals surface area contributed by atoms with Crippen molar-refractivity contribution in [3.63, 3.8) is 0 Å². The number of ether oxygens (including phenoxy) is 3. The number of hydrogen-bond donors (Lipinski definition) is 3. The van der Waals surface area contributed by atoms with Crippen LogP contribution in [0, 0.1) is 0 Å². The van der Waals surface area contributed by atoms with Gasteiger partial charge in [-0.1, -0.05) is 0 Å². The fourth-order valence-electron chi connectivity index (χ4n) is 2.14. The molecule has 0 aliphatic carbocycles. The Morgan fingerprint density at radius 1 is 1.20 bits per heavy atom. The minimum Gasteiger partial charge on any atom is -0.394 e. The summed E-state index contributed by atoms with van der Waals surface area (Å²) >= 11 is 0. The molecule has 0 spiro atoms. The van der Waals surface area contributed by atoms with Crippen molar-refractivity contribution in [1.29, 1.82) is 0 Å². The van der Waals surface area contributed by atoms with E-state index >= 15 is 0 Å². The topological polar surface area (TPSA) is 88.4 Å². The smallest absolute Gasteiger partial charge is 0.224 e. The number of fused-ring (bicyclic) bond motifs is 1. The zero-order chi connectivity index (χ0) is 11.3. The number of rotatable bonds is 2. The summed E-state index contributed by atoms with van der Waals surface area (Å²) in [5.74, 6) is -2.26. The Bertz CT molecular complexity index is 255. The minimum atomic E-state index is -1.35. The van der Waals surface area contributed by atoms with Crippen molar-refractivity contribution in [1.82, 2.24) is 0 Å². The molecule has 2 aliphatic rings. The Balaban J connectivity index is 2.24. The van der Waals surface area contributed by atoms with Gasteiger partial charge in [0, 0.05) is 0 Å². The summed E-state index contributed by atoms with van der Waals surface area (Å²) in [6.07, 6.45) is -2.54. The summed E-state index contributed by atoms with van der Waals surface area (Å²) in [6, 6.07) is 0. The molecular weight excluding hydrogens is 204 g/mol. The van der Waals surface area contributed by atoms with E-state index in [1.54, 1.807) is 13.8 Å². The van der Waals surface area contributed by atoms with Gasteiger partial charge < -0.3 is 29.5 Å². The van der Waals surface area contributed by atoms with Crippen molar-refractivity contribution in [3.05, 3.63) is 0 Å². The van der Waals surface area contributed by atoms with Crippen molar-refractivity contribution >= 4 is 0 Å². The molecule has 2 saturated heterocycles. The summed E-state index contributed by atoms with van der Waals surface area (Å²) in [5, 5.41) is 28.0. The van der Waals surface area contributed by atoms with Crippen LogP contribution >= 0.6 is 0 Å². The summed E-state index contributed by atoms with van der Waals surface area (Å²) in [4.78, 5) is 0. The molecule has 0 aromatic heterocycles. The summed E-state index contributed by atoms with van der Waals surface area (Å²) in [5.41, 5.74) is 0. The van der Waals surface area contributed by atoms with E-state index < -0.39 is 36.5 Å². The van der Waals surface area contributed by atoms with Crippen LogP contribution < -0.4 is 0 Å². The number of hydrogen-bond acceptors (Lipinski definition) is 6. The van der Waals surface area contributed by atoms with Gasteiger partial charge in [0.05, 0.1) is 6.61 Å². The molecular formula is C9H16O6. The molecule has 0 radical (unpaired) electrons. The van der Waals surface area contributed by atoms with Crippen LogP contribution in [0.3, 0.4) is 0 Å². The van der Waals surface area contributed by atoms with E-state index in [-0.39, 0.29) is 6.61 Å². The van der Waals surface area contributed by atoms with Crippen LogP contribution in [0.2, 0.25) is 0 Å². The first-order valence-electron chi connectivity index (χ1n) is 4.90. The lowest BCUT2D eigenvalue weighted by Gasteiger charge is -2.26. The lowest BCUT2D eigenvalue weighted by atomic mass is 10.1. The highest BCUT2D eigenvalue weighted by Crippen LogP contribution is 2.44. The van der Waals surface area contributed by atoms with Crippen LogP contribution in [0.15, 0.2) is 0 Å². The Hall–Kier alpha value is -0.240. The predicted octanol–water partition coefficient (Wildman–Crippen LogP) is -1.42. The highest BCUT2D eigenvalue weighted by Gasteiger charge is 2.64. The largest absolute Gasteiger partial charge is 0.394 e. The van der Waals surface area contributed by atoms with Crippen LogP contribution in [-0.4, -0.2) is 58.4 Å². The molecule has 15 heavy (non-hydrogen) atoms. The van der Waals surface area contributed by atoms with Gasteiger partial charge in [0.2, 0.25) is 5.79 Å². The van der Waals surface area contributed by atoms with Crippen LogP contribution in [0.1, 0.15) is 13.8 Å². The van der Waals surface area contributed by atoms with Crippen molar-refractivity contribution < 1.29 is 29.5 Å². The average Bonchev–Trinajstić information content (AvgIpc) is 2.58. The van der Waals surface area contributed by atoms with Crippen LogP contribution in [0.5, 0.6) is 0 Å². The first kappa shape index (κ1) is 11.3. The van der Waals surface area contributed by atoms with Gasteiger partial charge in [0.1, 0.15) is 24.9 Å². The Kier molecular flexibility index (Phi) is 2.53. The van der Waals surface area contributed by atoms with Gasteiger partial charge in [-0.05, 0) is 13.8 Å². The van der Waals surface area contributed by atoms with E-state index in [4.69, 9.17) is 19.3 Å². The van der Waals surface area contributed by atoms with Gasteiger partial charge in [0.15, 0.2) is 5.79 Å². The third kappa shape index (κ3) is 1.57. The van der Waals surface area contributed by atoms with Crippen molar-refractivity contribution in [2.75, 3.05) is 13.2 Å². The molecule has 6 nitrogen and oxygen atoms in total. The minimum absolute atomic E-state index is 0.341. The van der Waals surface area contributed by atoms with E-state index in [9.17, 15) is 10.2 Å². The van der Waals surface area contributed by atoms with Gasteiger partial charge in [-0.3, -0.25) is 0 Å². The lowest BCUT2D eigenvalue weighted by Crippen LogP contribution is -2.43. The predicted molar refractivity (Wildman–Crippen MR) is 47.8 cm³/mol. The SMILES string of the molecule is CC1(C)O[C@H]2[C@H](O)[C@@H](CO)O[C@@]2(CO)O1. The highest BCUT2D eigenvalue weighted by atomic mass is 16.9. The van der Waals surface area contributed by atoms with E-state index in [0.717, 1.165) is 0 Å². The summed E-state index contributed by atoms with van der Waals surface area (Å²) in [7, 11) is 0. The molecule has 0 saturated carbocycles. The fourth-order valence-corrected chi connectivity index (χ4v) is 2.14.